The standard InChI is InChI=1S/C19H28N4OS.HI/c1-3-20-19(21-13-16-9-8-15(2)25-16)22-14-17(18-7-6-12-24-18)23-10-4-5-11-23;/h6-9,12,17H,3-5,10-11,13-14H2,1-2H3,(H2,20,21,22);1H. The van der Waals surface area contributed by atoms with Crippen molar-refractivity contribution in [3.8, 4) is 0 Å². The minimum atomic E-state index is 0. The highest BCUT2D eigenvalue weighted by atomic mass is 127. The highest BCUT2D eigenvalue weighted by Crippen LogP contribution is 2.24. The first-order valence-electron chi connectivity index (χ1n) is 9.11. The van der Waals surface area contributed by atoms with Gasteiger partial charge in [-0.05, 0) is 64.0 Å². The number of hydrogen-bond acceptors (Lipinski definition) is 4. The summed E-state index contributed by atoms with van der Waals surface area (Å²) in [6.45, 7) is 8.85. The van der Waals surface area contributed by atoms with Crippen LogP contribution in [-0.4, -0.2) is 37.0 Å². The van der Waals surface area contributed by atoms with Crippen molar-refractivity contribution in [2.24, 2.45) is 4.99 Å². The molecule has 144 valence electrons. The fraction of sp³-hybridized carbons (Fsp3) is 0.526. The smallest absolute Gasteiger partial charge is 0.191 e. The van der Waals surface area contributed by atoms with Crippen molar-refractivity contribution in [3.05, 3.63) is 46.0 Å². The molecule has 2 aromatic heterocycles. The van der Waals surface area contributed by atoms with Gasteiger partial charge in [-0.2, -0.15) is 0 Å². The third-order valence-corrected chi connectivity index (χ3v) is 5.43. The van der Waals surface area contributed by atoms with Gasteiger partial charge in [0.1, 0.15) is 5.76 Å². The van der Waals surface area contributed by atoms with Crippen molar-refractivity contribution in [2.45, 2.75) is 39.3 Å². The van der Waals surface area contributed by atoms with Crippen LogP contribution in [0, 0.1) is 6.92 Å². The lowest BCUT2D eigenvalue weighted by atomic mass is 10.2. The molecule has 26 heavy (non-hydrogen) atoms. The van der Waals surface area contributed by atoms with Gasteiger partial charge in [-0.1, -0.05) is 0 Å². The lowest BCUT2D eigenvalue weighted by Crippen LogP contribution is -2.42. The quantitative estimate of drug-likeness (QED) is 0.349. The molecule has 1 fully saturated rings. The molecule has 3 rings (SSSR count). The van der Waals surface area contributed by atoms with Crippen molar-refractivity contribution >= 4 is 41.3 Å². The summed E-state index contributed by atoms with van der Waals surface area (Å²) in [5.74, 6) is 1.89. The van der Waals surface area contributed by atoms with Crippen molar-refractivity contribution in [1.29, 1.82) is 0 Å². The van der Waals surface area contributed by atoms with E-state index in [1.165, 1.54) is 22.6 Å². The van der Waals surface area contributed by atoms with E-state index in [1.807, 2.05) is 6.07 Å². The predicted molar refractivity (Wildman–Crippen MR) is 120 cm³/mol. The zero-order chi connectivity index (χ0) is 17.5. The number of halogens is 1. The first-order chi connectivity index (χ1) is 12.3. The Hall–Kier alpha value is -1.06. The number of likely N-dealkylation sites (tertiary alicyclic amines) is 1. The zero-order valence-corrected chi connectivity index (χ0v) is 18.7. The molecule has 1 atom stereocenters. The Morgan fingerprint density at radius 1 is 1.27 bits per heavy atom. The predicted octanol–water partition coefficient (Wildman–Crippen LogP) is 4.16. The number of hydrogen-bond donors (Lipinski definition) is 2. The molecule has 0 aliphatic carbocycles. The molecular weight excluding hydrogens is 459 g/mol. The van der Waals surface area contributed by atoms with Crippen LogP contribution in [0.3, 0.4) is 0 Å². The first kappa shape index (κ1) is 21.2. The van der Waals surface area contributed by atoms with Crippen LogP contribution >= 0.6 is 35.3 Å². The van der Waals surface area contributed by atoms with E-state index in [2.05, 4.69) is 47.6 Å². The van der Waals surface area contributed by atoms with E-state index in [0.29, 0.717) is 6.54 Å². The van der Waals surface area contributed by atoms with Crippen LogP contribution in [0.4, 0.5) is 0 Å². The van der Waals surface area contributed by atoms with Gasteiger partial charge >= 0.3 is 0 Å². The molecule has 7 heteroatoms. The normalized spacial score (nSPS) is 16.3. The molecule has 1 aliphatic heterocycles. The number of nitrogens with zero attached hydrogens (tertiary/aromatic N) is 2. The van der Waals surface area contributed by atoms with Crippen molar-refractivity contribution in [3.63, 3.8) is 0 Å². The third-order valence-electron chi connectivity index (χ3n) is 4.45. The van der Waals surface area contributed by atoms with E-state index in [-0.39, 0.29) is 30.0 Å². The average molecular weight is 488 g/mol. The van der Waals surface area contributed by atoms with E-state index in [4.69, 9.17) is 9.41 Å². The molecule has 0 bridgehead atoms. The number of rotatable bonds is 7. The van der Waals surface area contributed by atoms with Crippen LogP contribution in [0.25, 0.3) is 0 Å². The maximum Gasteiger partial charge on any atom is 0.191 e. The largest absolute Gasteiger partial charge is 0.468 e. The molecular formula is C19H29IN4OS. The Labute approximate surface area is 177 Å². The van der Waals surface area contributed by atoms with Crippen LogP contribution in [0.5, 0.6) is 0 Å². The summed E-state index contributed by atoms with van der Waals surface area (Å²) >= 11 is 1.80. The molecule has 0 spiro atoms. The summed E-state index contributed by atoms with van der Waals surface area (Å²) in [5, 5.41) is 6.85. The summed E-state index contributed by atoms with van der Waals surface area (Å²) in [4.78, 5) is 9.85. The molecule has 0 saturated carbocycles. The van der Waals surface area contributed by atoms with Gasteiger partial charge < -0.3 is 15.1 Å². The van der Waals surface area contributed by atoms with Crippen molar-refractivity contribution < 1.29 is 4.42 Å². The third kappa shape index (κ3) is 5.99. The molecule has 1 aliphatic rings. The first-order valence-corrected chi connectivity index (χ1v) is 9.93. The zero-order valence-electron chi connectivity index (χ0n) is 15.5. The van der Waals surface area contributed by atoms with Crippen molar-refractivity contribution in [1.82, 2.24) is 15.5 Å². The Morgan fingerprint density at radius 3 is 2.69 bits per heavy atom. The Kier molecular flexibility index (Phi) is 8.94. The van der Waals surface area contributed by atoms with E-state index in [0.717, 1.165) is 37.9 Å². The average Bonchev–Trinajstić information content (AvgIpc) is 3.36. The van der Waals surface area contributed by atoms with E-state index in [9.17, 15) is 0 Å². The van der Waals surface area contributed by atoms with Crippen LogP contribution < -0.4 is 10.6 Å². The van der Waals surface area contributed by atoms with Crippen LogP contribution in [0.1, 0.15) is 41.3 Å². The number of nitrogens with one attached hydrogen (secondary N) is 2. The SMILES string of the molecule is CCNC(=NCc1ccc(C)s1)NCC(c1ccco1)N1CCCC1.I. The summed E-state index contributed by atoms with van der Waals surface area (Å²) in [6, 6.07) is 8.60. The minimum Gasteiger partial charge on any atom is -0.468 e. The van der Waals surface area contributed by atoms with Gasteiger partial charge in [0.15, 0.2) is 5.96 Å². The fourth-order valence-corrected chi connectivity index (χ4v) is 4.02. The molecule has 3 heterocycles. The van der Waals surface area contributed by atoms with E-state index >= 15 is 0 Å². The molecule has 2 N–H and O–H groups in total. The second kappa shape index (κ2) is 10.9. The Morgan fingerprint density at radius 2 is 2.08 bits per heavy atom. The highest BCUT2D eigenvalue weighted by Gasteiger charge is 2.25. The monoisotopic (exact) mass is 488 g/mol. The topological polar surface area (TPSA) is 52.8 Å². The summed E-state index contributed by atoms with van der Waals surface area (Å²) < 4.78 is 5.69. The highest BCUT2D eigenvalue weighted by molar-refractivity contribution is 14.0. The van der Waals surface area contributed by atoms with Gasteiger partial charge in [-0.3, -0.25) is 4.90 Å². The maximum atomic E-state index is 5.69. The molecule has 0 aromatic carbocycles. The Balaban J connectivity index is 0.00000243. The van der Waals surface area contributed by atoms with Crippen LogP contribution in [0.15, 0.2) is 39.9 Å². The Bertz CT molecular complexity index is 665. The molecule has 1 unspecified atom stereocenters. The lowest BCUT2D eigenvalue weighted by Gasteiger charge is -2.26. The van der Waals surface area contributed by atoms with Crippen molar-refractivity contribution in [2.75, 3.05) is 26.2 Å². The van der Waals surface area contributed by atoms with E-state index < -0.39 is 0 Å². The second-order valence-corrected chi connectivity index (χ2v) is 7.74. The number of aliphatic imine (C=N–C) groups is 1. The fourth-order valence-electron chi connectivity index (χ4n) is 3.21. The maximum absolute atomic E-state index is 5.69. The number of furan rings is 1. The van der Waals surface area contributed by atoms with Gasteiger partial charge in [0.25, 0.3) is 0 Å². The summed E-state index contributed by atoms with van der Waals surface area (Å²) in [5.41, 5.74) is 0. The van der Waals surface area contributed by atoms with Gasteiger partial charge in [0.05, 0.1) is 18.8 Å². The van der Waals surface area contributed by atoms with Gasteiger partial charge in [0.2, 0.25) is 0 Å². The molecule has 0 radical (unpaired) electrons. The molecule has 5 nitrogen and oxygen atoms in total. The number of thiophene rings is 1. The summed E-state index contributed by atoms with van der Waals surface area (Å²) in [6.07, 6.45) is 4.29. The number of guanidine groups is 1. The summed E-state index contributed by atoms with van der Waals surface area (Å²) in [7, 11) is 0. The van der Waals surface area contributed by atoms with E-state index in [1.54, 1.807) is 17.6 Å². The second-order valence-electron chi connectivity index (χ2n) is 6.36. The van der Waals surface area contributed by atoms with Crippen LogP contribution in [0.2, 0.25) is 0 Å². The lowest BCUT2D eigenvalue weighted by molar-refractivity contribution is 0.215. The molecule has 2 aromatic rings. The van der Waals surface area contributed by atoms with Gasteiger partial charge in [-0.15, -0.1) is 35.3 Å². The van der Waals surface area contributed by atoms with Gasteiger partial charge in [0, 0.05) is 22.8 Å². The number of aryl methyl sites for hydroxylation is 1. The molecule has 0 amide bonds. The van der Waals surface area contributed by atoms with Crippen LogP contribution in [-0.2, 0) is 6.54 Å². The molecule has 1 saturated heterocycles. The van der Waals surface area contributed by atoms with Gasteiger partial charge in [-0.25, -0.2) is 4.99 Å². The minimum absolute atomic E-state index is 0.